The SMILES string of the molecule is C/C=C1/CC(C)(F)C(CCc2cccc(C)c2)/C1=C/C.CC.CC.CC.CC=N/C(C)=C(\C)NCN(C)N.CCC1CCC(C)C1. The summed E-state index contributed by atoms with van der Waals surface area (Å²) >= 11 is 0. The van der Waals surface area contributed by atoms with Gasteiger partial charge in [0.2, 0.25) is 0 Å². The van der Waals surface area contributed by atoms with Gasteiger partial charge in [-0.15, -0.1) is 0 Å². The number of nitrogens with two attached hydrogens (primary N) is 1. The summed E-state index contributed by atoms with van der Waals surface area (Å²) in [6, 6.07) is 8.54. The van der Waals surface area contributed by atoms with E-state index in [9.17, 15) is 4.39 Å². The summed E-state index contributed by atoms with van der Waals surface area (Å²) in [5.74, 6) is 7.55. The summed E-state index contributed by atoms with van der Waals surface area (Å²) in [6.45, 7) is 31.0. The molecule has 2 fully saturated rings. The zero-order valence-electron chi connectivity index (χ0n) is 33.3. The van der Waals surface area contributed by atoms with E-state index in [2.05, 4.69) is 67.5 Å². The second-order valence-electron chi connectivity index (χ2n) is 12.0. The number of aryl methyl sites for hydroxylation is 2. The van der Waals surface area contributed by atoms with Crippen LogP contribution in [0.2, 0.25) is 0 Å². The molecule has 2 aliphatic rings. The van der Waals surface area contributed by atoms with Crippen LogP contribution < -0.4 is 11.2 Å². The Morgan fingerprint density at radius 3 is 2.09 bits per heavy atom. The second kappa shape index (κ2) is 28.9. The maximum Gasteiger partial charge on any atom is 0.119 e. The predicted molar refractivity (Wildman–Crippen MR) is 208 cm³/mol. The van der Waals surface area contributed by atoms with E-state index in [1.807, 2.05) is 76.2 Å². The van der Waals surface area contributed by atoms with Crippen molar-refractivity contribution in [2.45, 2.75) is 154 Å². The zero-order valence-corrected chi connectivity index (χ0v) is 33.3. The lowest BCUT2D eigenvalue weighted by Gasteiger charge is -2.23. The van der Waals surface area contributed by atoms with Crippen LogP contribution >= 0.6 is 0 Å². The van der Waals surface area contributed by atoms with Gasteiger partial charge in [-0.1, -0.05) is 117 Å². The molecule has 0 bridgehead atoms. The van der Waals surface area contributed by atoms with E-state index < -0.39 is 5.67 Å². The van der Waals surface area contributed by atoms with Crippen molar-refractivity contribution in [1.29, 1.82) is 0 Å². The summed E-state index contributed by atoms with van der Waals surface area (Å²) in [5.41, 5.74) is 5.91. The molecule has 0 spiro atoms. The zero-order chi connectivity index (χ0) is 36.3. The lowest BCUT2D eigenvalue weighted by Crippen LogP contribution is -2.35. The first-order chi connectivity index (χ1) is 21.9. The third-order valence-electron chi connectivity index (χ3n) is 8.31. The van der Waals surface area contributed by atoms with Gasteiger partial charge in [0.05, 0.1) is 12.4 Å². The Morgan fingerprint density at radius 2 is 1.67 bits per heavy atom. The number of rotatable bonds is 8. The van der Waals surface area contributed by atoms with Crippen LogP contribution in [0.3, 0.4) is 0 Å². The van der Waals surface area contributed by atoms with Crippen molar-refractivity contribution in [2.24, 2.45) is 28.6 Å². The summed E-state index contributed by atoms with van der Waals surface area (Å²) in [4.78, 5) is 4.14. The Morgan fingerprint density at radius 1 is 1.07 bits per heavy atom. The van der Waals surface area contributed by atoms with Crippen LogP contribution in [0, 0.1) is 24.7 Å². The molecular formula is C41H77FN4. The Balaban J connectivity index is -0.000000606. The Labute approximate surface area is 287 Å². The third kappa shape index (κ3) is 20.1. The Kier molecular flexibility index (Phi) is 30.3. The summed E-state index contributed by atoms with van der Waals surface area (Å²) in [5, 5.41) is 4.71. The average molecular weight is 645 g/mol. The van der Waals surface area contributed by atoms with Crippen molar-refractivity contribution in [3.8, 4) is 0 Å². The molecule has 0 amide bonds. The number of aliphatic imine (C=N–C) groups is 1. The van der Waals surface area contributed by atoms with Gasteiger partial charge in [0.15, 0.2) is 0 Å². The summed E-state index contributed by atoms with van der Waals surface area (Å²) in [6.07, 6.45) is 14.2. The molecule has 2 aliphatic carbocycles. The number of hydrazine groups is 1. The van der Waals surface area contributed by atoms with Crippen LogP contribution in [0.4, 0.5) is 4.39 Å². The topological polar surface area (TPSA) is 53.7 Å². The quantitative estimate of drug-likeness (QED) is 0.128. The molecule has 3 N–H and O–H groups in total. The van der Waals surface area contributed by atoms with Gasteiger partial charge in [-0.3, -0.25) is 10.8 Å². The van der Waals surface area contributed by atoms with Crippen molar-refractivity contribution < 1.29 is 4.39 Å². The van der Waals surface area contributed by atoms with E-state index >= 15 is 0 Å². The van der Waals surface area contributed by atoms with Crippen LogP contribution in [0.5, 0.6) is 0 Å². The first-order valence-corrected chi connectivity index (χ1v) is 18.3. The average Bonchev–Trinajstić information content (AvgIpc) is 3.60. The van der Waals surface area contributed by atoms with Crippen LogP contribution in [0.1, 0.15) is 147 Å². The number of nitrogens with one attached hydrogen (secondary N) is 1. The minimum atomic E-state index is -1.10. The number of hydrogen-bond acceptors (Lipinski definition) is 4. The highest BCUT2D eigenvalue weighted by molar-refractivity contribution is 5.55. The molecule has 268 valence electrons. The van der Waals surface area contributed by atoms with Crippen LogP contribution in [-0.2, 0) is 6.42 Å². The number of alkyl halides is 1. The van der Waals surface area contributed by atoms with Gasteiger partial charge in [-0.2, -0.15) is 0 Å². The van der Waals surface area contributed by atoms with Gasteiger partial charge in [0, 0.05) is 31.3 Å². The molecule has 1 aromatic carbocycles. The van der Waals surface area contributed by atoms with Gasteiger partial charge in [0.1, 0.15) is 5.67 Å². The normalized spacial score (nSPS) is 23.8. The molecule has 4 atom stereocenters. The molecule has 46 heavy (non-hydrogen) atoms. The molecule has 4 nitrogen and oxygen atoms in total. The van der Waals surface area contributed by atoms with Gasteiger partial charge < -0.3 is 5.32 Å². The van der Waals surface area contributed by atoms with Crippen molar-refractivity contribution in [1.82, 2.24) is 10.3 Å². The Bertz CT molecular complexity index is 1000. The van der Waals surface area contributed by atoms with E-state index in [1.54, 1.807) is 25.2 Å². The second-order valence-corrected chi connectivity index (χ2v) is 12.0. The fraction of sp³-hybridized carbons (Fsp3) is 0.683. The smallest absolute Gasteiger partial charge is 0.119 e. The first kappa shape index (κ1) is 48.2. The number of nitrogens with zero attached hydrogens (tertiary/aromatic N) is 2. The molecule has 0 aromatic heterocycles. The molecule has 2 saturated carbocycles. The number of benzene rings is 1. The first-order valence-electron chi connectivity index (χ1n) is 18.3. The predicted octanol–water partition coefficient (Wildman–Crippen LogP) is 12.2. The monoisotopic (exact) mass is 645 g/mol. The third-order valence-corrected chi connectivity index (χ3v) is 8.31. The molecule has 1 aromatic rings. The van der Waals surface area contributed by atoms with E-state index in [0.717, 1.165) is 36.1 Å². The van der Waals surface area contributed by atoms with Gasteiger partial charge >= 0.3 is 0 Å². The highest BCUT2D eigenvalue weighted by atomic mass is 19.1. The van der Waals surface area contributed by atoms with Crippen molar-refractivity contribution >= 4 is 6.21 Å². The lowest BCUT2D eigenvalue weighted by molar-refractivity contribution is 0.142. The number of halogens is 1. The largest absolute Gasteiger partial charge is 0.373 e. The van der Waals surface area contributed by atoms with E-state index in [4.69, 9.17) is 5.84 Å². The molecule has 3 rings (SSSR count). The molecular weight excluding hydrogens is 567 g/mol. The lowest BCUT2D eigenvalue weighted by atomic mass is 9.86. The Hall–Kier alpha value is -2.24. The van der Waals surface area contributed by atoms with Crippen LogP contribution in [-0.4, -0.2) is 30.6 Å². The standard InChI is InChI=1S/C19H25F.C8H18N4.C8H16.3C2H6/c1-5-16-13-19(4,20)18(17(16)6-2)11-10-15-9-7-8-14(3)12-15;1-5-10-7(2)8(3)11-6-12(4)9;1-3-8-5-4-7(2)6-8;3*1-2/h5-9,12,18H,10-11,13H2,1-4H3;5,11H,6,9H2,1-4H3;7-8H,3-6H2,1-2H3;3*1-2H3/b16-5-,17-6+;8-7+,10-5?;;;;. The molecule has 4 unspecified atom stereocenters. The van der Waals surface area contributed by atoms with E-state index in [0.29, 0.717) is 13.1 Å². The highest BCUT2D eigenvalue weighted by Gasteiger charge is 2.43. The van der Waals surface area contributed by atoms with E-state index in [-0.39, 0.29) is 5.92 Å². The molecule has 5 heteroatoms. The van der Waals surface area contributed by atoms with Crippen molar-refractivity contribution in [3.05, 3.63) is 70.1 Å². The van der Waals surface area contributed by atoms with Crippen LogP contribution in [0.15, 0.2) is 64.0 Å². The molecule has 0 saturated heterocycles. The van der Waals surface area contributed by atoms with Crippen molar-refractivity contribution in [2.75, 3.05) is 13.7 Å². The fourth-order valence-corrected chi connectivity index (χ4v) is 5.79. The van der Waals surface area contributed by atoms with Crippen LogP contribution in [0.25, 0.3) is 0 Å². The number of hydrogen-bond donors (Lipinski definition) is 2. The summed E-state index contributed by atoms with van der Waals surface area (Å²) < 4.78 is 14.9. The summed E-state index contributed by atoms with van der Waals surface area (Å²) in [7, 11) is 1.80. The minimum Gasteiger partial charge on any atom is -0.373 e. The fourth-order valence-electron chi connectivity index (χ4n) is 5.79. The molecule has 0 aliphatic heterocycles. The van der Waals surface area contributed by atoms with Gasteiger partial charge in [-0.05, 0) is 96.3 Å². The van der Waals surface area contributed by atoms with Crippen molar-refractivity contribution in [3.63, 3.8) is 0 Å². The number of allylic oxidation sites excluding steroid dienone is 6. The maximum atomic E-state index is 14.9. The minimum absolute atomic E-state index is 0.0270. The maximum absolute atomic E-state index is 14.9. The van der Waals surface area contributed by atoms with Gasteiger partial charge in [-0.25, -0.2) is 9.40 Å². The molecule has 0 heterocycles. The highest BCUT2D eigenvalue weighted by Crippen LogP contribution is 2.48. The van der Waals surface area contributed by atoms with E-state index in [1.165, 1.54) is 48.0 Å². The van der Waals surface area contributed by atoms with Gasteiger partial charge in [0.25, 0.3) is 0 Å². The molecule has 0 radical (unpaired) electrons.